The third kappa shape index (κ3) is 4.05. The molecule has 27 heavy (non-hydrogen) atoms. The number of ether oxygens (including phenoxy) is 1. The minimum Gasteiger partial charge on any atom is -0.504 e. The summed E-state index contributed by atoms with van der Waals surface area (Å²) in [5.41, 5.74) is 13.3. The Morgan fingerprint density at radius 2 is 1.81 bits per heavy atom. The van der Waals surface area contributed by atoms with Crippen LogP contribution in [0.4, 0.5) is 11.5 Å². The van der Waals surface area contributed by atoms with Crippen molar-refractivity contribution in [2.24, 2.45) is 0 Å². The van der Waals surface area contributed by atoms with Crippen molar-refractivity contribution in [1.82, 2.24) is 9.97 Å². The van der Waals surface area contributed by atoms with Crippen LogP contribution in [0.3, 0.4) is 0 Å². The summed E-state index contributed by atoms with van der Waals surface area (Å²) in [5, 5.41) is 18.9. The molecule has 0 fully saturated rings. The van der Waals surface area contributed by atoms with Gasteiger partial charge in [-0.2, -0.15) is 0 Å². The Balaban J connectivity index is 1.86. The topological polar surface area (TPSA) is 131 Å². The summed E-state index contributed by atoms with van der Waals surface area (Å²) < 4.78 is 5.74. The lowest BCUT2D eigenvalue weighted by Crippen LogP contribution is -2.07. The van der Waals surface area contributed by atoms with Crippen LogP contribution in [0.5, 0.6) is 11.5 Å². The second kappa shape index (κ2) is 7.69. The van der Waals surface area contributed by atoms with E-state index in [-0.39, 0.29) is 23.9 Å². The molecule has 3 aromatic rings. The van der Waals surface area contributed by atoms with Crippen LogP contribution >= 0.6 is 23.2 Å². The van der Waals surface area contributed by atoms with Crippen LogP contribution in [0.25, 0.3) is 0 Å². The number of hydrogen-bond acceptors (Lipinski definition) is 7. The second-order valence-electron chi connectivity index (χ2n) is 5.62. The van der Waals surface area contributed by atoms with E-state index in [9.17, 15) is 5.11 Å². The number of rotatable bonds is 5. The molecule has 0 radical (unpaired) electrons. The Labute approximate surface area is 165 Å². The van der Waals surface area contributed by atoms with Crippen LogP contribution in [0.15, 0.2) is 42.9 Å². The first-order valence-corrected chi connectivity index (χ1v) is 8.46. The molecule has 2 heterocycles. The minimum absolute atomic E-state index is 0.0114. The Kier molecular flexibility index (Phi) is 5.34. The van der Waals surface area contributed by atoms with Crippen molar-refractivity contribution in [2.75, 3.05) is 11.5 Å². The van der Waals surface area contributed by atoms with Gasteiger partial charge in [0.2, 0.25) is 0 Å². The van der Waals surface area contributed by atoms with Crippen LogP contribution < -0.4 is 16.2 Å². The van der Waals surface area contributed by atoms with Gasteiger partial charge in [-0.05, 0) is 24.3 Å². The smallest absolute Gasteiger partial charge is 0.165 e. The third-order valence-electron chi connectivity index (χ3n) is 3.82. The van der Waals surface area contributed by atoms with Gasteiger partial charge in [0.1, 0.15) is 12.4 Å². The number of nitrogens with two attached hydrogens (primary N) is 2. The van der Waals surface area contributed by atoms with E-state index >= 15 is 0 Å². The summed E-state index contributed by atoms with van der Waals surface area (Å²) in [6.07, 6.45) is 4.36. The number of benzene rings is 1. The van der Waals surface area contributed by atoms with Crippen LogP contribution in [0, 0.1) is 5.41 Å². The molecule has 9 heteroatoms. The summed E-state index contributed by atoms with van der Waals surface area (Å²) >= 11 is 12.2. The molecule has 1 aromatic carbocycles. The largest absolute Gasteiger partial charge is 0.504 e. The maximum absolute atomic E-state index is 9.71. The van der Waals surface area contributed by atoms with Crippen LogP contribution in [-0.2, 0) is 6.61 Å². The molecule has 0 saturated heterocycles. The molecular formula is C18H15Cl2N5O2. The van der Waals surface area contributed by atoms with Gasteiger partial charge < -0.3 is 21.3 Å². The van der Waals surface area contributed by atoms with Gasteiger partial charge >= 0.3 is 0 Å². The predicted molar refractivity (Wildman–Crippen MR) is 106 cm³/mol. The number of nitrogens with zero attached hydrogens (tertiary/aromatic N) is 2. The summed E-state index contributed by atoms with van der Waals surface area (Å²) in [6, 6.07) is 6.27. The van der Waals surface area contributed by atoms with Crippen molar-refractivity contribution in [1.29, 1.82) is 5.41 Å². The van der Waals surface area contributed by atoms with Gasteiger partial charge in [-0.25, -0.2) is 4.98 Å². The minimum atomic E-state index is -0.204. The molecule has 6 N–H and O–H groups in total. The quantitative estimate of drug-likeness (QED) is 0.379. The number of pyridine rings is 2. The van der Waals surface area contributed by atoms with Crippen LogP contribution in [0.2, 0.25) is 10.0 Å². The van der Waals surface area contributed by atoms with Gasteiger partial charge in [0.15, 0.2) is 11.6 Å². The molecule has 0 atom stereocenters. The molecule has 0 spiro atoms. The molecule has 0 aliphatic carbocycles. The highest BCUT2D eigenvalue weighted by molar-refractivity contribution is 6.35. The lowest BCUT2D eigenvalue weighted by Gasteiger charge is -2.13. The molecule has 0 aliphatic rings. The standard InChI is InChI=1S/C18H15Cl2N5O2/c19-13-6-24-7-14(20)12(13)8-27-10-1-2-15(21)11(4-10)17(22)9-3-16(26)18(23)25-5-9/h1-7,22,26H,8,21H2,(H2,23,25). The van der Waals surface area contributed by atoms with E-state index in [1.807, 2.05) is 0 Å². The zero-order valence-corrected chi connectivity index (χ0v) is 15.4. The van der Waals surface area contributed by atoms with Gasteiger partial charge in [0.05, 0.1) is 15.8 Å². The van der Waals surface area contributed by atoms with E-state index < -0.39 is 0 Å². The van der Waals surface area contributed by atoms with Gasteiger partial charge in [0.25, 0.3) is 0 Å². The lowest BCUT2D eigenvalue weighted by molar-refractivity contribution is 0.306. The first-order chi connectivity index (χ1) is 12.9. The first-order valence-electron chi connectivity index (χ1n) is 7.70. The van der Waals surface area contributed by atoms with E-state index in [1.54, 1.807) is 18.2 Å². The Bertz CT molecular complexity index is 1010. The van der Waals surface area contributed by atoms with Crippen molar-refractivity contribution in [3.8, 4) is 11.5 Å². The Morgan fingerprint density at radius 3 is 2.48 bits per heavy atom. The predicted octanol–water partition coefficient (Wildman–Crippen LogP) is 3.65. The Hall–Kier alpha value is -3.03. The Morgan fingerprint density at radius 1 is 1.11 bits per heavy atom. The number of aromatic nitrogens is 2. The van der Waals surface area contributed by atoms with Gasteiger partial charge in [-0.1, -0.05) is 23.2 Å². The van der Waals surface area contributed by atoms with Crippen LogP contribution in [0.1, 0.15) is 16.7 Å². The molecule has 0 amide bonds. The van der Waals surface area contributed by atoms with Crippen molar-refractivity contribution in [3.63, 3.8) is 0 Å². The van der Waals surface area contributed by atoms with E-state index in [1.165, 1.54) is 24.7 Å². The summed E-state index contributed by atoms with van der Waals surface area (Å²) in [4.78, 5) is 7.75. The van der Waals surface area contributed by atoms with Gasteiger partial charge in [0, 0.05) is 41.0 Å². The fourth-order valence-electron chi connectivity index (χ4n) is 2.33. The van der Waals surface area contributed by atoms with Crippen LogP contribution in [-0.4, -0.2) is 20.8 Å². The molecular weight excluding hydrogens is 389 g/mol. The summed E-state index contributed by atoms with van der Waals surface area (Å²) in [5.74, 6) is 0.258. The first kappa shape index (κ1) is 18.8. The van der Waals surface area contributed by atoms with Crippen molar-refractivity contribution >= 4 is 40.4 Å². The summed E-state index contributed by atoms with van der Waals surface area (Å²) in [6.45, 7) is 0.126. The lowest BCUT2D eigenvalue weighted by atomic mass is 10.0. The summed E-state index contributed by atoms with van der Waals surface area (Å²) in [7, 11) is 0. The van der Waals surface area contributed by atoms with E-state index in [0.717, 1.165) is 0 Å². The fourth-order valence-corrected chi connectivity index (χ4v) is 2.80. The second-order valence-corrected chi connectivity index (χ2v) is 6.44. The third-order valence-corrected chi connectivity index (χ3v) is 4.47. The number of nitrogen functional groups attached to an aromatic ring is 2. The van der Waals surface area contributed by atoms with E-state index in [0.29, 0.717) is 38.2 Å². The van der Waals surface area contributed by atoms with Gasteiger partial charge in [-0.15, -0.1) is 0 Å². The maximum Gasteiger partial charge on any atom is 0.165 e. The molecule has 0 unspecified atom stereocenters. The number of halogens is 2. The monoisotopic (exact) mass is 403 g/mol. The zero-order chi connectivity index (χ0) is 19.6. The highest BCUT2D eigenvalue weighted by Gasteiger charge is 2.13. The van der Waals surface area contributed by atoms with Gasteiger partial charge in [-0.3, -0.25) is 10.4 Å². The highest BCUT2D eigenvalue weighted by Crippen LogP contribution is 2.28. The number of anilines is 2. The zero-order valence-electron chi connectivity index (χ0n) is 13.9. The molecule has 3 rings (SSSR count). The fraction of sp³-hybridized carbons (Fsp3) is 0.0556. The molecule has 0 bridgehead atoms. The number of aromatic hydroxyl groups is 1. The average molecular weight is 404 g/mol. The van der Waals surface area contributed by atoms with E-state index in [4.69, 9.17) is 44.8 Å². The van der Waals surface area contributed by atoms with Crippen molar-refractivity contribution < 1.29 is 9.84 Å². The highest BCUT2D eigenvalue weighted by atomic mass is 35.5. The molecule has 7 nitrogen and oxygen atoms in total. The number of hydrogen-bond donors (Lipinski definition) is 4. The SMILES string of the molecule is N=C(c1cnc(N)c(O)c1)c1cc(OCc2c(Cl)cncc2Cl)ccc1N. The maximum atomic E-state index is 9.71. The molecule has 0 aliphatic heterocycles. The molecule has 2 aromatic heterocycles. The number of nitrogens with one attached hydrogen (secondary N) is 1. The van der Waals surface area contributed by atoms with Crippen molar-refractivity contribution in [2.45, 2.75) is 6.61 Å². The average Bonchev–Trinajstić information content (AvgIpc) is 2.64. The van der Waals surface area contributed by atoms with E-state index in [2.05, 4.69) is 9.97 Å². The van der Waals surface area contributed by atoms with Crippen molar-refractivity contribution in [3.05, 3.63) is 69.6 Å². The molecule has 0 saturated carbocycles. The molecule has 138 valence electrons. The normalized spacial score (nSPS) is 10.6.